The predicted molar refractivity (Wildman–Crippen MR) is 66.7 cm³/mol. The number of anilines is 1. The van der Waals surface area contributed by atoms with Gasteiger partial charge in [0.2, 0.25) is 0 Å². The van der Waals surface area contributed by atoms with Crippen molar-refractivity contribution in [2.75, 3.05) is 24.5 Å². The Kier molecular flexibility index (Phi) is 3.58. The summed E-state index contributed by atoms with van der Waals surface area (Å²) in [7, 11) is 0. The van der Waals surface area contributed by atoms with E-state index < -0.39 is 5.91 Å². The Balaban J connectivity index is 2.08. The number of carbonyl (C=O) groups is 1. The first-order chi connectivity index (χ1) is 8.20. The number of nitrogens with two attached hydrogens (primary N) is 2. The monoisotopic (exact) mass is 234 g/mol. The Hall–Kier alpha value is -1.62. The van der Waals surface area contributed by atoms with E-state index in [1.54, 1.807) is 6.07 Å². The summed E-state index contributed by atoms with van der Waals surface area (Å²) >= 11 is 0. The summed E-state index contributed by atoms with van der Waals surface area (Å²) in [4.78, 5) is 17.5. The third kappa shape index (κ3) is 2.74. The minimum Gasteiger partial charge on any atom is -0.364 e. The van der Waals surface area contributed by atoms with E-state index in [1.165, 1.54) is 0 Å². The van der Waals surface area contributed by atoms with Crippen molar-refractivity contribution < 1.29 is 4.79 Å². The van der Waals surface area contributed by atoms with Crippen LogP contribution in [0.3, 0.4) is 0 Å². The average Bonchev–Trinajstić information content (AvgIpc) is 2.39. The Bertz CT molecular complexity index is 399. The smallest absolute Gasteiger partial charge is 0.267 e. The summed E-state index contributed by atoms with van der Waals surface area (Å²) in [6.07, 6.45) is 2.16. The molecule has 5 heteroatoms. The van der Waals surface area contributed by atoms with E-state index >= 15 is 0 Å². The third-order valence-corrected chi connectivity index (χ3v) is 3.26. The van der Waals surface area contributed by atoms with Crippen LogP contribution in [0.25, 0.3) is 0 Å². The minimum absolute atomic E-state index is 0.323. The molecule has 0 unspecified atom stereocenters. The molecule has 0 bridgehead atoms. The van der Waals surface area contributed by atoms with Gasteiger partial charge in [0.05, 0.1) is 0 Å². The van der Waals surface area contributed by atoms with Gasteiger partial charge in [0.15, 0.2) is 0 Å². The molecular weight excluding hydrogens is 216 g/mol. The minimum atomic E-state index is -0.483. The molecule has 1 aromatic rings. The van der Waals surface area contributed by atoms with Crippen molar-refractivity contribution >= 4 is 11.7 Å². The number of pyridine rings is 1. The highest BCUT2D eigenvalue weighted by Crippen LogP contribution is 2.21. The second-order valence-corrected chi connectivity index (χ2v) is 4.41. The molecule has 17 heavy (non-hydrogen) atoms. The van der Waals surface area contributed by atoms with Gasteiger partial charge in [-0.15, -0.1) is 0 Å². The Morgan fingerprint density at radius 3 is 2.71 bits per heavy atom. The molecule has 2 heterocycles. The first kappa shape index (κ1) is 11.9. The van der Waals surface area contributed by atoms with E-state index in [2.05, 4.69) is 9.88 Å². The number of hydrogen-bond donors (Lipinski definition) is 2. The van der Waals surface area contributed by atoms with Crippen LogP contribution in [0.15, 0.2) is 18.2 Å². The van der Waals surface area contributed by atoms with Gasteiger partial charge in [-0.05, 0) is 37.4 Å². The number of piperidine rings is 1. The van der Waals surface area contributed by atoms with Gasteiger partial charge in [-0.25, -0.2) is 4.98 Å². The molecule has 0 atom stereocenters. The van der Waals surface area contributed by atoms with Crippen molar-refractivity contribution in [1.29, 1.82) is 0 Å². The molecule has 5 nitrogen and oxygen atoms in total. The summed E-state index contributed by atoms with van der Waals surface area (Å²) < 4.78 is 0. The fourth-order valence-corrected chi connectivity index (χ4v) is 2.13. The maximum absolute atomic E-state index is 11.1. The number of rotatable bonds is 3. The molecule has 1 aliphatic heterocycles. The Morgan fingerprint density at radius 2 is 2.12 bits per heavy atom. The van der Waals surface area contributed by atoms with Crippen LogP contribution in [-0.2, 0) is 0 Å². The third-order valence-electron chi connectivity index (χ3n) is 3.26. The zero-order valence-electron chi connectivity index (χ0n) is 9.80. The van der Waals surface area contributed by atoms with Crippen LogP contribution in [0.4, 0.5) is 5.82 Å². The Labute approximate surface area is 101 Å². The molecule has 1 saturated heterocycles. The molecule has 1 amide bonds. The molecular formula is C12H18N4O. The van der Waals surface area contributed by atoms with E-state index in [0.29, 0.717) is 11.6 Å². The van der Waals surface area contributed by atoms with Crippen molar-refractivity contribution in [3.05, 3.63) is 23.9 Å². The molecule has 1 aromatic heterocycles. The lowest BCUT2D eigenvalue weighted by Gasteiger charge is -2.32. The summed E-state index contributed by atoms with van der Waals surface area (Å²) in [6.45, 7) is 2.64. The largest absolute Gasteiger partial charge is 0.364 e. The Morgan fingerprint density at radius 1 is 1.41 bits per heavy atom. The summed E-state index contributed by atoms with van der Waals surface area (Å²) in [6, 6.07) is 5.37. The molecule has 1 fully saturated rings. The quantitative estimate of drug-likeness (QED) is 0.790. The van der Waals surface area contributed by atoms with Gasteiger partial charge in [-0.2, -0.15) is 0 Å². The van der Waals surface area contributed by atoms with Crippen molar-refractivity contribution in [3.8, 4) is 0 Å². The fraction of sp³-hybridized carbons (Fsp3) is 0.500. The zero-order chi connectivity index (χ0) is 12.3. The molecule has 0 aromatic carbocycles. The zero-order valence-corrected chi connectivity index (χ0v) is 9.80. The number of carbonyl (C=O) groups excluding carboxylic acids is 1. The molecule has 0 saturated carbocycles. The van der Waals surface area contributed by atoms with Crippen molar-refractivity contribution in [1.82, 2.24) is 4.98 Å². The number of aromatic nitrogens is 1. The summed E-state index contributed by atoms with van der Waals surface area (Å²) in [5.74, 6) is 0.964. The van der Waals surface area contributed by atoms with Crippen LogP contribution in [0.2, 0.25) is 0 Å². The SMILES string of the molecule is NCC1CCN(c2cccc(C(N)=O)n2)CC1. The molecule has 0 spiro atoms. The molecule has 92 valence electrons. The van der Waals surface area contributed by atoms with Crippen molar-refractivity contribution in [3.63, 3.8) is 0 Å². The number of primary amides is 1. The number of amides is 1. The lowest BCUT2D eigenvalue weighted by Crippen LogP contribution is -2.36. The van der Waals surface area contributed by atoms with E-state index in [4.69, 9.17) is 11.5 Å². The van der Waals surface area contributed by atoms with Crippen molar-refractivity contribution in [2.45, 2.75) is 12.8 Å². The lowest BCUT2D eigenvalue weighted by atomic mass is 9.97. The van der Waals surface area contributed by atoms with Gasteiger partial charge >= 0.3 is 0 Å². The topological polar surface area (TPSA) is 85.2 Å². The molecule has 0 radical (unpaired) electrons. The average molecular weight is 234 g/mol. The van der Waals surface area contributed by atoms with Gasteiger partial charge in [-0.3, -0.25) is 4.79 Å². The van der Waals surface area contributed by atoms with Gasteiger partial charge in [0, 0.05) is 13.1 Å². The molecule has 1 aliphatic rings. The van der Waals surface area contributed by atoms with Gasteiger partial charge in [0.25, 0.3) is 5.91 Å². The summed E-state index contributed by atoms with van der Waals surface area (Å²) in [5, 5.41) is 0. The number of hydrogen-bond acceptors (Lipinski definition) is 4. The normalized spacial score (nSPS) is 17.1. The first-order valence-corrected chi connectivity index (χ1v) is 5.92. The lowest BCUT2D eigenvalue weighted by molar-refractivity contribution is 0.0995. The maximum atomic E-state index is 11.1. The van der Waals surface area contributed by atoms with Gasteiger partial charge < -0.3 is 16.4 Å². The van der Waals surface area contributed by atoms with Crippen LogP contribution in [0.1, 0.15) is 23.3 Å². The van der Waals surface area contributed by atoms with Crippen LogP contribution < -0.4 is 16.4 Å². The second kappa shape index (κ2) is 5.14. The van der Waals surface area contributed by atoms with E-state index in [-0.39, 0.29) is 0 Å². The van der Waals surface area contributed by atoms with E-state index in [0.717, 1.165) is 38.3 Å². The standard InChI is InChI=1S/C12H18N4O/c13-8-9-4-6-16(7-5-9)11-3-1-2-10(15-11)12(14)17/h1-3,9H,4-8,13H2,(H2,14,17). The highest BCUT2D eigenvalue weighted by Gasteiger charge is 2.19. The fourth-order valence-electron chi connectivity index (χ4n) is 2.13. The van der Waals surface area contributed by atoms with Crippen LogP contribution in [-0.4, -0.2) is 30.5 Å². The molecule has 4 N–H and O–H groups in total. The maximum Gasteiger partial charge on any atom is 0.267 e. The highest BCUT2D eigenvalue weighted by atomic mass is 16.1. The second-order valence-electron chi connectivity index (χ2n) is 4.41. The molecule has 0 aliphatic carbocycles. The molecule has 2 rings (SSSR count). The van der Waals surface area contributed by atoms with Gasteiger partial charge in [0.1, 0.15) is 11.5 Å². The number of nitrogens with zero attached hydrogens (tertiary/aromatic N) is 2. The highest BCUT2D eigenvalue weighted by molar-refractivity contribution is 5.91. The van der Waals surface area contributed by atoms with Crippen LogP contribution >= 0.6 is 0 Å². The summed E-state index contributed by atoms with van der Waals surface area (Å²) in [5.41, 5.74) is 11.2. The first-order valence-electron chi connectivity index (χ1n) is 5.92. The van der Waals surface area contributed by atoms with E-state index in [1.807, 2.05) is 12.1 Å². The van der Waals surface area contributed by atoms with Crippen LogP contribution in [0.5, 0.6) is 0 Å². The van der Waals surface area contributed by atoms with E-state index in [9.17, 15) is 4.79 Å². The predicted octanol–water partition coefficient (Wildman–Crippen LogP) is 0.356. The van der Waals surface area contributed by atoms with Crippen LogP contribution in [0, 0.1) is 5.92 Å². The van der Waals surface area contributed by atoms with Crippen molar-refractivity contribution in [2.24, 2.45) is 17.4 Å². The van der Waals surface area contributed by atoms with Gasteiger partial charge in [-0.1, -0.05) is 6.07 Å².